The smallest absolute Gasteiger partial charge is 0.163 e. The first-order chi connectivity index (χ1) is 6.54. The monoisotopic (exact) mass is 197 g/mol. The summed E-state index contributed by atoms with van der Waals surface area (Å²) in [7, 11) is 0. The maximum Gasteiger partial charge on any atom is 0.163 e. The third-order valence-electron chi connectivity index (χ3n) is 2.33. The second-order valence-electron chi connectivity index (χ2n) is 3.99. The third kappa shape index (κ3) is 2.53. The number of nitrogens with zero attached hydrogens (tertiary/aromatic N) is 1. The van der Waals surface area contributed by atoms with Crippen LogP contribution in [0.15, 0.2) is 0 Å². The molecule has 0 aromatic rings. The summed E-state index contributed by atoms with van der Waals surface area (Å²) < 4.78 is 11.0. The quantitative estimate of drug-likeness (QED) is 0.642. The van der Waals surface area contributed by atoms with Gasteiger partial charge in [-0.2, -0.15) is 5.26 Å². The van der Waals surface area contributed by atoms with Gasteiger partial charge < -0.3 is 14.3 Å². The van der Waals surface area contributed by atoms with E-state index in [9.17, 15) is 4.79 Å². The Kier molecular flexibility index (Phi) is 3.25. The Labute approximate surface area is 83.8 Å². The van der Waals surface area contributed by atoms with Crippen LogP contribution < -0.4 is 0 Å². The number of aldehydes is 1. The van der Waals surface area contributed by atoms with Crippen molar-refractivity contribution in [3.63, 3.8) is 0 Å². The van der Waals surface area contributed by atoms with E-state index in [0.29, 0.717) is 13.0 Å². The van der Waals surface area contributed by atoms with Crippen LogP contribution in [0.5, 0.6) is 0 Å². The molecule has 1 saturated heterocycles. The van der Waals surface area contributed by atoms with Gasteiger partial charge in [0.05, 0.1) is 24.7 Å². The molecular weight excluding hydrogens is 182 g/mol. The van der Waals surface area contributed by atoms with E-state index in [2.05, 4.69) is 6.07 Å². The van der Waals surface area contributed by atoms with Crippen molar-refractivity contribution in [2.45, 2.75) is 44.5 Å². The van der Waals surface area contributed by atoms with E-state index < -0.39 is 11.4 Å². The molecule has 0 bridgehead atoms. The molecule has 1 heterocycles. The molecule has 0 saturated carbocycles. The zero-order chi connectivity index (χ0) is 10.7. The molecular formula is C10H15NO3. The largest absolute Gasteiger partial charge is 0.350 e. The number of carbonyl (C=O) groups is 1. The first-order valence-electron chi connectivity index (χ1n) is 4.68. The molecule has 1 aliphatic rings. The standard InChI is InChI=1S/C10H15NO3/c1-9(2)13-8-5-10(14-9,3-6-11)4-7-12/h7H,3-5,8H2,1-2H3. The molecule has 0 aromatic carbocycles. The Morgan fingerprint density at radius 3 is 2.79 bits per heavy atom. The van der Waals surface area contributed by atoms with Gasteiger partial charge in [0.15, 0.2) is 5.79 Å². The van der Waals surface area contributed by atoms with Crippen LogP contribution >= 0.6 is 0 Å². The molecule has 1 fully saturated rings. The molecule has 1 atom stereocenters. The Balaban J connectivity index is 2.76. The predicted octanol–water partition coefficient (Wildman–Crippen LogP) is 1.40. The number of ether oxygens (including phenoxy) is 2. The van der Waals surface area contributed by atoms with Crippen molar-refractivity contribution in [3.05, 3.63) is 0 Å². The average molecular weight is 197 g/mol. The van der Waals surface area contributed by atoms with Crippen LogP contribution in [0.4, 0.5) is 0 Å². The molecule has 0 amide bonds. The van der Waals surface area contributed by atoms with Gasteiger partial charge in [-0.15, -0.1) is 0 Å². The molecule has 0 aliphatic carbocycles. The van der Waals surface area contributed by atoms with Gasteiger partial charge in [0.1, 0.15) is 6.29 Å². The molecule has 78 valence electrons. The Morgan fingerprint density at radius 2 is 2.29 bits per heavy atom. The third-order valence-corrected chi connectivity index (χ3v) is 2.33. The van der Waals surface area contributed by atoms with Crippen LogP contribution in [0.2, 0.25) is 0 Å². The number of nitriles is 1. The van der Waals surface area contributed by atoms with Gasteiger partial charge in [0.2, 0.25) is 0 Å². The molecule has 0 spiro atoms. The van der Waals surface area contributed by atoms with Crippen LogP contribution in [0.3, 0.4) is 0 Å². The molecule has 0 aromatic heterocycles. The highest BCUT2D eigenvalue weighted by Gasteiger charge is 2.41. The van der Waals surface area contributed by atoms with Gasteiger partial charge in [-0.25, -0.2) is 0 Å². The van der Waals surface area contributed by atoms with E-state index in [1.54, 1.807) is 13.8 Å². The van der Waals surface area contributed by atoms with Gasteiger partial charge in [-0.3, -0.25) is 0 Å². The van der Waals surface area contributed by atoms with Crippen LogP contribution in [0.25, 0.3) is 0 Å². The molecule has 4 nitrogen and oxygen atoms in total. The molecule has 0 N–H and O–H groups in total. The lowest BCUT2D eigenvalue weighted by atomic mass is 9.91. The summed E-state index contributed by atoms with van der Waals surface area (Å²) in [4.78, 5) is 10.5. The number of carbonyl (C=O) groups excluding carboxylic acids is 1. The Morgan fingerprint density at radius 1 is 1.57 bits per heavy atom. The zero-order valence-corrected chi connectivity index (χ0v) is 8.58. The highest BCUT2D eigenvalue weighted by molar-refractivity contribution is 5.51. The Hall–Kier alpha value is -0.920. The molecule has 4 heteroatoms. The lowest BCUT2D eigenvalue weighted by molar-refractivity contribution is -0.308. The van der Waals surface area contributed by atoms with Crippen molar-refractivity contribution >= 4 is 6.29 Å². The van der Waals surface area contributed by atoms with Gasteiger partial charge in [-0.05, 0) is 13.8 Å². The summed E-state index contributed by atoms with van der Waals surface area (Å²) in [5.41, 5.74) is -0.641. The minimum atomic E-state index is -0.696. The van der Waals surface area contributed by atoms with E-state index in [1.165, 1.54) is 0 Å². The van der Waals surface area contributed by atoms with E-state index >= 15 is 0 Å². The molecule has 1 unspecified atom stereocenters. The fourth-order valence-electron chi connectivity index (χ4n) is 1.72. The van der Waals surface area contributed by atoms with Crippen LogP contribution in [0, 0.1) is 11.3 Å². The second kappa shape index (κ2) is 4.07. The van der Waals surface area contributed by atoms with Gasteiger partial charge in [0.25, 0.3) is 0 Å². The summed E-state index contributed by atoms with van der Waals surface area (Å²) in [5, 5.41) is 8.69. The summed E-state index contributed by atoms with van der Waals surface area (Å²) in [6.45, 7) is 4.12. The SMILES string of the molecule is CC1(C)OCCC(CC#N)(CC=O)O1. The van der Waals surface area contributed by atoms with Gasteiger partial charge >= 0.3 is 0 Å². The lowest BCUT2D eigenvalue weighted by Crippen LogP contribution is -2.48. The normalized spacial score (nSPS) is 30.6. The first-order valence-corrected chi connectivity index (χ1v) is 4.68. The zero-order valence-electron chi connectivity index (χ0n) is 8.58. The topological polar surface area (TPSA) is 59.3 Å². The van der Waals surface area contributed by atoms with Crippen molar-refractivity contribution in [1.29, 1.82) is 5.26 Å². The first kappa shape index (κ1) is 11.2. The molecule has 1 aliphatic heterocycles. The fraction of sp³-hybridized carbons (Fsp3) is 0.800. The second-order valence-corrected chi connectivity index (χ2v) is 3.99. The van der Waals surface area contributed by atoms with E-state index in [1.807, 2.05) is 0 Å². The maximum absolute atomic E-state index is 10.5. The number of rotatable bonds is 3. The van der Waals surface area contributed by atoms with Crippen molar-refractivity contribution < 1.29 is 14.3 Å². The molecule has 0 radical (unpaired) electrons. The lowest BCUT2D eigenvalue weighted by Gasteiger charge is -2.43. The highest BCUT2D eigenvalue weighted by atomic mass is 16.7. The van der Waals surface area contributed by atoms with E-state index in [0.717, 1.165) is 6.29 Å². The number of hydrogen-bond acceptors (Lipinski definition) is 4. The molecule has 14 heavy (non-hydrogen) atoms. The van der Waals surface area contributed by atoms with E-state index in [4.69, 9.17) is 14.7 Å². The van der Waals surface area contributed by atoms with Crippen molar-refractivity contribution in [1.82, 2.24) is 0 Å². The van der Waals surface area contributed by atoms with Gasteiger partial charge in [-0.1, -0.05) is 0 Å². The minimum Gasteiger partial charge on any atom is -0.350 e. The average Bonchev–Trinajstić information content (AvgIpc) is 2.02. The van der Waals surface area contributed by atoms with Crippen LogP contribution in [-0.2, 0) is 14.3 Å². The maximum atomic E-state index is 10.5. The summed E-state index contributed by atoms with van der Waals surface area (Å²) >= 11 is 0. The number of hydrogen-bond donors (Lipinski definition) is 0. The fourth-order valence-corrected chi connectivity index (χ4v) is 1.72. The van der Waals surface area contributed by atoms with Crippen molar-refractivity contribution in [2.24, 2.45) is 0 Å². The van der Waals surface area contributed by atoms with Gasteiger partial charge in [0, 0.05) is 12.8 Å². The highest BCUT2D eigenvalue weighted by Crippen LogP contribution is 2.34. The summed E-state index contributed by atoms with van der Waals surface area (Å²) in [6.07, 6.45) is 1.90. The van der Waals surface area contributed by atoms with Crippen LogP contribution in [0.1, 0.15) is 33.1 Å². The predicted molar refractivity (Wildman–Crippen MR) is 49.4 cm³/mol. The van der Waals surface area contributed by atoms with Crippen molar-refractivity contribution in [3.8, 4) is 6.07 Å². The van der Waals surface area contributed by atoms with Crippen molar-refractivity contribution in [2.75, 3.05) is 6.61 Å². The van der Waals surface area contributed by atoms with Crippen LogP contribution in [-0.4, -0.2) is 24.3 Å². The summed E-state index contributed by atoms with van der Waals surface area (Å²) in [6, 6.07) is 2.06. The summed E-state index contributed by atoms with van der Waals surface area (Å²) in [5.74, 6) is -0.696. The molecule has 1 rings (SSSR count). The van der Waals surface area contributed by atoms with E-state index in [-0.39, 0.29) is 12.8 Å². The minimum absolute atomic E-state index is 0.235. The Bertz CT molecular complexity index is 257.